The Morgan fingerprint density at radius 2 is 1.95 bits per heavy atom. The van der Waals surface area contributed by atoms with Gasteiger partial charge in [0.05, 0.1) is 12.6 Å². The number of rotatable bonds is 5. The number of urea groups is 1. The Kier molecular flexibility index (Phi) is 6.06. The zero-order chi connectivity index (χ0) is 15.3. The van der Waals surface area contributed by atoms with Crippen LogP contribution in [-0.2, 0) is 4.79 Å². The van der Waals surface area contributed by atoms with Gasteiger partial charge in [0, 0.05) is 10.0 Å². The summed E-state index contributed by atoms with van der Waals surface area (Å²) >= 11 is 11.8. The zero-order valence-electron chi connectivity index (χ0n) is 10.6. The van der Waals surface area contributed by atoms with Gasteiger partial charge in [-0.15, -0.1) is 0 Å². The minimum absolute atomic E-state index is 0.391. The summed E-state index contributed by atoms with van der Waals surface area (Å²) in [6.45, 7) is 0.988. The van der Waals surface area contributed by atoms with Gasteiger partial charge in [-0.25, -0.2) is 9.59 Å². The van der Waals surface area contributed by atoms with Gasteiger partial charge in [0.1, 0.15) is 0 Å². The first kappa shape index (κ1) is 16.6. The van der Waals surface area contributed by atoms with E-state index in [0.717, 1.165) is 0 Å². The van der Waals surface area contributed by atoms with Crippen molar-refractivity contribution >= 4 is 35.2 Å². The summed E-state index contributed by atoms with van der Waals surface area (Å²) < 4.78 is 0. The molecule has 2 atom stereocenters. The van der Waals surface area contributed by atoms with E-state index in [-0.39, 0.29) is 0 Å². The minimum Gasteiger partial charge on any atom is -0.480 e. The lowest BCUT2D eigenvalue weighted by Crippen LogP contribution is -2.48. The maximum absolute atomic E-state index is 11.6. The molecule has 2 amide bonds. The Balaban J connectivity index is 2.68. The summed E-state index contributed by atoms with van der Waals surface area (Å²) in [4.78, 5) is 22.3. The Labute approximate surface area is 125 Å². The number of carboxylic acids is 1. The third-order valence-electron chi connectivity index (χ3n) is 2.56. The van der Waals surface area contributed by atoms with Gasteiger partial charge in [0.25, 0.3) is 0 Å². The van der Waals surface area contributed by atoms with Gasteiger partial charge < -0.3 is 20.8 Å². The summed E-state index contributed by atoms with van der Waals surface area (Å²) in [6, 6.07) is 2.31. The first-order valence-electron chi connectivity index (χ1n) is 5.70. The quantitative estimate of drug-likeness (QED) is 0.664. The van der Waals surface area contributed by atoms with E-state index in [1.54, 1.807) is 25.1 Å². The van der Waals surface area contributed by atoms with Crippen LogP contribution in [0.25, 0.3) is 0 Å². The molecular weight excluding hydrogens is 307 g/mol. The fourth-order valence-electron chi connectivity index (χ4n) is 1.51. The van der Waals surface area contributed by atoms with Crippen LogP contribution < -0.4 is 10.6 Å². The van der Waals surface area contributed by atoms with Gasteiger partial charge in [0.15, 0.2) is 6.04 Å². The third-order valence-corrected chi connectivity index (χ3v) is 3.13. The van der Waals surface area contributed by atoms with Crippen molar-refractivity contribution in [3.63, 3.8) is 0 Å². The van der Waals surface area contributed by atoms with Crippen molar-refractivity contribution < 1.29 is 19.8 Å². The standard InChI is InChI=1S/C12H14Cl2N2O4/c1-6(8-3-2-7(13)4-9(8)14)15-12(20)16-10(5-17)11(18)19/h2-4,6,10,17H,5H2,1H3,(H,18,19)(H2,15,16,20)/t6?,10-/m0/s1. The molecule has 4 N–H and O–H groups in total. The fraction of sp³-hybridized carbons (Fsp3) is 0.333. The van der Waals surface area contributed by atoms with Crippen LogP contribution in [0.1, 0.15) is 18.5 Å². The molecule has 20 heavy (non-hydrogen) atoms. The molecule has 0 radical (unpaired) electrons. The van der Waals surface area contributed by atoms with E-state index in [4.69, 9.17) is 33.4 Å². The molecule has 110 valence electrons. The smallest absolute Gasteiger partial charge is 0.328 e. The number of hydrogen-bond donors (Lipinski definition) is 4. The van der Waals surface area contributed by atoms with Crippen LogP contribution in [-0.4, -0.2) is 34.9 Å². The average molecular weight is 321 g/mol. The van der Waals surface area contributed by atoms with E-state index in [1.165, 1.54) is 0 Å². The Hall–Kier alpha value is -1.50. The number of carboxylic acid groups (broad SMARTS) is 1. The van der Waals surface area contributed by atoms with Gasteiger partial charge in [-0.3, -0.25) is 0 Å². The van der Waals surface area contributed by atoms with E-state index in [1.807, 2.05) is 0 Å². The van der Waals surface area contributed by atoms with E-state index >= 15 is 0 Å². The third kappa shape index (κ3) is 4.56. The molecule has 0 bridgehead atoms. The minimum atomic E-state index is -1.36. The summed E-state index contributed by atoms with van der Waals surface area (Å²) in [5.41, 5.74) is 0.641. The average Bonchev–Trinajstić information content (AvgIpc) is 2.35. The normalized spacial score (nSPS) is 13.4. The zero-order valence-corrected chi connectivity index (χ0v) is 12.1. The fourth-order valence-corrected chi connectivity index (χ4v) is 2.08. The molecule has 0 saturated carbocycles. The summed E-state index contributed by atoms with van der Waals surface area (Å²) in [5, 5.41) is 23.0. The van der Waals surface area contributed by atoms with Crippen LogP contribution in [0.4, 0.5) is 4.79 Å². The van der Waals surface area contributed by atoms with Crippen molar-refractivity contribution in [2.45, 2.75) is 19.0 Å². The van der Waals surface area contributed by atoms with Crippen LogP contribution in [0.5, 0.6) is 0 Å². The maximum Gasteiger partial charge on any atom is 0.328 e. The number of amides is 2. The summed E-state index contributed by atoms with van der Waals surface area (Å²) in [7, 11) is 0. The number of aliphatic hydroxyl groups is 1. The second-order valence-corrected chi connectivity index (χ2v) is 4.92. The Morgan fingerprint density at radius 3 is 2.45 bits per heavy atom. The summed E-state index contributed by atoms with van der Waals surface area (Å²) in [5.74, 6) is -1.32. The lowest BCUT2D eigenvalue weighted by molar-refractivity contribution is -0.140. The van der Waals surface area contributed by atoms with Crippen molar-refractivity contribution in [1.29, 1.82) is 0 Å². The molecule has 0 saturated heterocycles. The van der Waals surface area contributed by atoms with Gasteiger partial charge in [-0.2, -0.15) is 0 Å². The van der Waals surface area contributed by atoms with Gasteiger partial charge in [0.2, 0.25) is 0 Å². The number of benzene rings is 1. The van der Waals surface area contributed by atoms with Crippen molar-refractivity contribution in [2.75, 3.05) is 6.61 Å². The molecule has 8 heteroatoms. The number of carbonyl (C=O) groups is 2. The molecule has 0 aliphatic carbocycles. The SMILES string of the molecule is CC(NC(=O)N[C@@H](CO)C(=O)O)c1ccc(Cl)cc1Cl. The molecule has 0 aliphatic heterocycles. The number of nitrogens with one attached hydrogen (secondary N) is 2. The largest absolute Gasteiger partial charge is 0.480 e. The maximum atomic E-state index is 11.6. The predicted molar refractivity (Wildman–Crippen MR) is 75.1 cm³/mol. The Bertz CT molecular complexity index is 510. The van der Waals surface area contributed by atoms with Crippen LogP contribution in [0.15, 0.2) is 18.2 Å². The molecule has 0 fully saturated rings. The molecule has 1 unspecified atom stereocenters. The number of halogens is 2. The van der Waals surface area contributed by atoms with Crippen molar-refractivity contribution in [2.24, 2.45) is 0 Å². The van der Waals surface area contributed by atoms with E-state index in [0.29, 0.717) is 15.6 Å². The van der Waals surface area contributed by atoms with E-state index in [2.05, 4.69) is 10.6 Å². The van der Waals surface area contributed by atoms with Gasteiger partial charge in [-0.05, 0) is 24.6 Å². The molecule has 0 heterocycles. The van der Waals surface area contributed by atoms with Crippen LogP contribution in [0.2, 0.25) is 10.0 Å². The van der Waals surface area contributed by atoms with E-state index < -0.39 is 30.7 Å². The second-order valence-electron chi connectivity index (χ2n) is 4.08. The van der Waals surface area contributed by atoms with Crippen molar-refractivity contribution in [3.05, 3.63) is 33.8 Å². The Morgan fingerprint density at radius 1 is 1.30 bits per heavy atom. The second kappa shape index (κ2) is 7.33. The molecule has 6 nitrogen and oxygen atoms in total. The number of aliphatic carboxylic acids is 1. The molecule has 1 aromatic rings. The highest BCUT2D eigenvalue weighted by atomic mass is 35.5. The number of carbonyl (C=O) groups excluding carboxylic acids is 1. The highest BCUT2D eigenvalue weighted by molar-refractivity contribution is 6.35. The van der Waals surface area contributed by atoms with Crippen LogP contribution in [0, 0.1) is 0 Å². The van der Waals surface area contributed by atoms with Crippen LogP contribution in [0.3, 0.4) is 0 Å². The highest BCUT2D eigenvalue weighted by Crippen LogP contribution is 2.25. The highest BCUT2D eigenvalue weighted by Gasteiger charge is 2.20. The van der Waals surface area contributed by atoms with Crippen LogP contribution >= 0.6 is 23.2 Å². The lowest BCUT2D eigenvalue weighted by Gasteiger charge is -2.18. The molecule has 1 aromatic carbocycles. The number of aliphatic hydroxyl groups excluding tert-OH is 1. The van der Waals surface area contributed by atoms with Gasteiger partial charge >= 0.3 is 12.0 Å². The lowest BCUT2D eigenvalue weighted by atomic mass is 10.1. The molecule has 0 aliphatic rings. The first-order valence-corrected chi connectivity index (χ1v) is 6.46. The number of hydrogen-bond acceptors (Lipinski definition) is 3. The molecule has 0 spiro atoms. The molecule has 1 rings (SSSR count). The topological polar surface area (TPSA) is 98.7 Å². The monoisotopic (exact) mass is 320 g/mol. The molecular formula is C12H14Cl2N2O4. The van der Waals surface area contributed by atoms with Crippen molar-refractivity contribution in [3.8, 4) is 0 Å². The van der Waals surface area contributed by atoms with Gasteiger partial charge in [-0.1, -0.05) is 29.3 Å². The summed E-state index contributed by atoms with van der Waals surface area (Å²) in [6.07, 6.45) is 0. The predicted octanol–water partition coefficient (Wildman–Crippen LogP) is 1.80. The molecule has 0 aromatic heterocycles. The van der Waals surface area contributed by atoms with E-state index in [9.17, 15) is 9.59 Å². The van der Waals surface area contributed by atoms with Crippen molar-refractivity contribution in [1.82, 2.24) is 10.6 Å². The first-order chi connectivity index (χ1) is 9.35.